The summed E-state index contributed by atoms with van der Waals surface area (Å²) < 4.78 is 10.8. The Hall–Kier alpha value is -1.72. The standard InChI is InChI=1S/C15H20N2O3.ClH/c1-3-16-6-7-17-15(18)12-8-11-9-13(19-2)4-5-14(11)20-10-12;/h4-5,8-9,16H,3,6-7,10H2,1-2H3,(H,17,18);1H. The third kappa shape index (κ3) is 4.65. The van der Waals surface area contributed by atoms with Crippen LogP contribution in [0.3, 0.4) is 0 Å². The van der Waals surface area contributed by atoms with Gasteiger partial charge in [-0.2, -0.15) is 0 Å². The number of rotatable bonds is 6. The lowest BCUT2D eigenvalue weighted by molar-refractivity contribution is -0.117. The number of likely N-dealkylation sites (N-methyl/N-ethyl adjacent to an activating group) is 1. The van der Waals surface area contributed by atoms with Gasteiger partial charge in [0.2, 0.25) is 0 Å². The van der Waals surface area contributed by atoms with E-state index < -0.39 is 0 Å². The van der Waals surface area contributed by atoms with Gasteiger partial charge < -0.3 is 20.1 Å². The van der Waals surface area contributed by atoms with Crippen molar-refractivity contribution in [1.29, 1.82) is 0 Å². The van der Waals surface area contributed by atoms with E-state index in [-0.39, 0.29) is 18.3 Å². The Morgan fingerprint density at radius 2 is 2.19 bits per heavy atom. The van der Waals surface area contributed by atoms with Crippen LogP contribution >= 0.6 is 12.4 Å². The Morgan fingerprint density at radius 3 is 2.90 bits per heavy atom. The molecule has 1 heterocycles. The number of ether oxygens (including phenoxy) is 2. The van der Waals surface area contributed by atoms with E-state index in [2.05, 4.69) is 10.6 Å². The third-order valence-corrected chi connectivity index (χ3v) is 3.06. The van der Waals surface area contributed by atoms with E-state index in [4.69, 9.17) is 9.47 Å². The van der Waals surface area contributed by atoms with E-state index in [1.807, 2.05) is 31.2 Å². The fraction of sp³-hybridized carbons (Fsp3) is 0.400. The molecular weight excluding hydrogens is 292 g/mol. The molecule has 0 spiro atoms. The molecule has 0 unspecified atom stereocenters. The summed E-state index contributed by atoms with van der Waals surface area (Å²) in [6, 6.07) is 5.55. The van der Waals surface area contributed by atoms with Crippen molar-refractivity contribution in [1.82, 2.24) is 10.6 Å². The molecule has 1 aromatic carbocycles. The number of nitrogens with one attached hydrogen (secondary N) is 2. The Kier molecular flexibility index (Phi) is 7.05. The van der Waals surface area contributed by atoms with E-state index in [1.165, 1.54) is 0 Å². The maximum absolute atomic E-state index is 12.0. The largest absolute Gasteiger partial charge is 0.497 e. The van der Waals surface area contributed by atoms with Gasteiger partial charge in [-0.15, -0.1) is 12.4 Å². The van der Waals surface area contributed by atoms with Crippen molar-refractivity contribution in [3.63, 3.8) is 0 Å². The van der Waals surface area contributed by atoms with Gasteiger partial charge in [0.05, 0.1) is 12.7 Å². The molecular formula is C15H21ClN2O3. The number of amides is 1. The lowest BCUT2D eigenvalue weighted by atomic mass is 10.1. The minimum Gasteiger partial charge on any atom is -0.497 e. The number of halogens is 1. The van der Waals surface area contributed by atoms with Gasteiger partial charge >= 0.3 is 0 Å². The first kappa shape index (κ1) is 17.3. The zero-order chi connectivity index (χ0) is 14.4. The topological polar surface area (TPSA) is 59.6 Å². The van der Waals surface area contributed by atoms with E-state index >= 15 is 0 Å². The highest BCUT2D eigenvalue weighted by molar-refractivity contribution is 5.99. The van der Waals surface area contributed by atoms with Crippen molar-refractivity contribution in [2.24, 2.45) is 0 Å². The molecule has 0 atom stereocenters. The molecule has 6 heteroatoms. The molecule has 0 saturated heterocycles. The number of carbonyl (C=O) groups excluding carboxylic acids is 1. The highest BCUT2D eigenvalue weighted by Gasteiger charge is 2.17. The highest BCUT2D eigenvalue weighted by atomic mass is 35.5. The second kappa shape index (κ2) is 8.54. The Labute approximate surface area is 131 Å². The SMILES string of the molecule is CCNCCNC(=O)C1=Cc2cc(OC)ccc2OC1.Cl. The van der Waals surface area contributed by atoms with Gasteiger partial charge in [0.15, 0.2) is 0 Å². The summed E-state index contributed by atoms with van der Waals surface area (Å²) >= 11 is 0. The van der Waals surface area contributed by atoms with E-state index in [9.17, 15) is 4.79 Å². The number of benzene rings is 1. The van der Waals surface area contributed by atoms with E-state index in [1.54, 1.807) is 7.11 Å². The predicted octanol–water partition coefficient (Wildman–Crippen LogP) is 1.62. The van der Waals surface area contributed by atoms with E-state index in [0.29, 0.717) is 18.7 Å². The number of fused-ring (bicyclic) bond motifs is 1. The summed E-state index contributed by atoms with van der Waals surface area (Å²) in [6.45, 7) is 4.60. The maximum Gasteiger partial charge on any atom is 0.250 e. The molecule has 5 nitrogen and oxygen atoms in total. The molecule has 0 radical (unpaired) electrons. The van der Waals surface area contributed by atoms with Crippen LogP contribution in [-0.4, -0.2) is 39.3 Å². The number of carbonyl (C=O) groups is 1. The molecule has 0 aliphatic carbocycles. The van der Waals surface area contributed by atoms with Crippen molar-refractivity contribution in [2.75, 3.05) is 33.4 Å². The molecule has 2 rings (SSSR count). The average molecular weight is 313 g/mol. The molecule has 1 aromatic rings. The molecule has 0 saturated carbocycles. The van der Waals surface area contributed by atoms with Crippen LogP contribution in [0.25, 0.3) is 6.08 Å². The van der Waals surface area contributed by atoms with Gasteiger partial charge in [0, 0.05) is 18.7 Å². The Balaban J connectivity index is 0.00000220. The zero-order valence-electron chi connectivity index (χ0n) is 12.3. The van der Waals surface area contributed by atoms with Gasteiger partial charge in [0.25, 0.3) is 5.91 Å². The van der Waals surface area contributed by atoms with Gasteiger partial charge in [-0.3, -0.25) is 4.79 Å². The second-order valence-electron chi connectivity index (χ2n) is 4.47. The fourth-order valence-electron chi connectivity index (χ4n) is 1.97. The van der Waals surface area contributed by atoms with Crippen molar-refractivity contribution in [3.8, 4) is 11.5 Å². The van der Waals surface area contributed by atoms with Crippen LogP contribution < -0.4 is 20.1 Å². The quantitative estimate of drug-likeness (QED) is 0.784. The van der Waals surface area contributed by atoms with Gasteiger partial charge in [-0.25, -0.2) is 0 Å². The second-order valence-corrected chi connectivity index (χ2v) is 4.47. The first-order chi connectivity index (χ1) is 9.74. The van der Waals surface area contributed by atoms with Crippen LogP contribution in [0.15, 0.2) is 23.8 Å². The van der Waals surface area contributed by atoms with Crippen LogP contribution in [0.4, 0.5) is 0 Å². The lowest BCUT2D eigenvalue weighted by Crippen LogP contribution is -2.34. The van der Waals surface area contributed by atoms with Crippen molar-refractivity contribution < 1.29 is 14.3 Å². The fourth-order valence-corrected chi connectivity index (χ4v) is 1.97. The van der Waals surface area contributed by atoms with Gasteiger partial charge in [0.1, 0.15) is 18.1 Å². The molecule has 2 N–H and O–H groups in total. The summed E-state index contributed by atoms with van der Waals surface area (Å²) in [5.74, 6) is 1.43. The Morgan fingerprint density at radius 1 is 1.38 bits per heavy atom. The van der Waals surface area contributed by atoms with Crippen LogP contribution in [0.5, 0.6) is 11.5 Å². The summed E-state index contributed by atoms with van der Waals surface area (Å²) in [6.07, 6.45) is 1.85. The molecule has 1 aliphatic rings. The van der Waals surface area contributed by atoms with Gasteiger partial charge in [-0.1, -0.05) is 6.92 Å². The molecule has 0 bridgehead atoms. The molecule has 0 fully saturated rings. The predicted molar refractivity (Wildman–Crippen MR) is 85.3 cm³/mol. The molecule has 116 valence electrons. The molecule has 1 aliphatic heterocycles. The van der Waals surface area contributed by atoms with Crippen molar-refractivity contribution >= 4 is 24.4 Å². The van der Waals surface area contributed by atoms with Crippen molar-refractivity contribution in [2.45, 2.75) is 6.92 Å². The smallest absolute Gasteiger partial charge is 0.250 e. The summed E-state index contributed by atoms with van der Waals surface area (Å²) in [5.41, 5.74) is 1.50. The van der Waals surface area contributed by atoms with Gasteiger partial charge in [-0.05, 0) is 30.8 Å². The summed E-state index contributed by atoms with van der Waals surface area (Å²) in [7, 11) is 1.61. The van der Waals surface area contributed by atoms with E-state index in [0.717, 1.165) is 30.2 Å². The highest BCUT2D eigenvalue weighted by Crippen LogP contribution is 2.29. The number of hydrogen-bond donors (Lipinski definition) is 2. The Bertz CT molecular complexity index is 518. The minimum atomic E-state index is -0.0867. The van der Waals surface area contributed by atoms with Crippen LogP contribution in [0.1, 0.15) is 12.5 Å². The third-order valence-electron chi connectivity index (χ3n) is 3.06. The number of methoxy groups -OCH3 is 1. The summed E-state index contributed by atoms with van der Waals surface area (Å²) in [5, 5.41) is 6.02. The molecule has 21 heavy (non-hydrogen) atoms. The number of hydrogen-bond acceptors (Lipinski definition) is 4. The lowest BCUT2D eigenvalue weighted by Gasteiger charge is -2.18. The molecule has 1 amide bonds. The van der Waals surface area contributed by atoms with Crippen molar-refractivity contribution in [3.05, 3.63) is 29.3 Å². The summed E-state index contributed by atoms with van der Waals surface area (Å²) in [4.78, 5) is 12.0. The maximum atomic E-state index is 12.0. The monoisotopic (exact) mass is 312 g/mol. The van der Waals surface area contributed by atoms with Crippen LogP contribution in [-0.2, 0) is 4.79 Å². The average Bonchev–Trinajstić information content (AvgIpc) is 2.50. The first-order valence-electron chi connectivity index (χ1n) is 6.75. The minimum absolute atomic E-state index is 0. The normalized spacial score (nSPS) is 12.4. The van der Waals surface area contributed by atoms with Crippen LogP contribution in [0, 0.1) is 0 Å². The van der Waals surface area contributed by atoms with Crippen LogP contribution in [0.2, 0.25) is 0 Å². The molecule has 0 aromatic heterocycles. The first-order valence-corrected chi connectivity index (χ1v) is 6.75. The zero-order valence-corrected chi connectivity index (χ0v) is 13.1.